The van der Waals surface area contributed by atoms with E-state index in [0.717, 1.165) is 42.8 Å². The van der Waals surface area contributed by atoms with E-state index in [1.807, 2.05) is 13.1 Å². The maximum Gasteiger partial charge on any atom is 0.272 e. The number of fused-ring (bicyclic) bond motifs is 3. The molecule has 7 nitrogen and oxygen atoms in total. The number of nitrogens with zero attached hydrogens (tertiary/aromatic N) is 4. The predicted octanol–water partition coefficient (Wildman–Crippen LogP) is 2.36. The summed E-state index contributed by atoms with van der Waals surface area (Å²) in [7, 11) is 1.88. The van der Waals surface area contributed by atoms with Gasteiger partial charge in [0.25, 0.3) is 5.91 Å². The Kier molecular flexibility index (Phi) is 4.70. The molecule has 0 aromatic carbocycles. The molecule has 3 atom stereocenters. The number of anilines is 1. The highest BCUT2D eigenvalue weighted by Gasteiger charge is 2.34. The molecule has 0 unspecified atom stereocenters. The van der Waals surface area contributed by atoms with Crippen LogP contribution in [0.5, 0.6) is 0 Å². The van der Waals surface area contributed by atoms with Crippen LogP contribution < -0.4 is 15.5 Å². The lowest BCUT2D eigenvalue weighted by molar-refractivity contribution is 0.0919. The Hall–Kier alpha value is -2.15. The Morgan fingerprint density at radius 2 is 1.82 bits per heavy atom. The number of nitrogens with one attached hydrogen (secondary N) is 2. The Labute approximate surface area is 165 Å². The zero-order chi connectivity index (χ0) is 19.1. The van der Waals surface area contributed by atoms with Gasteiger partial charge in [-0.25, -0.2) is 9.67 Å². The first-order chi connectivity index (χ1) is 13.7. The minimum absolute atomic E-state index is 0.0683. The average Bonchev–Trinajstić information content (AvgIpc) is 3.07. The molecular formula is C21H30N6O. The third-order valence-corrected chi connectivity index (χ3v) is 6.63. The average molecular weight is 383 g/mol. The van der Waals surface area contributed by atoms with E-state index in [-0.39, 0.29) is 11.9 Å². The number of hydrogen-bond donors (Lipinski definition) is 2. The molecule has 150 valence electrons. The Bertz CT molecular complexity index is 857. The standard InChI is InChI=1S/C21H30N6O/c1-26-20-17(8-9-18(24-20)27-10-4-2-3-5-11-27)19(25-26)21(28)23-16-12-14-6-7-15(13-16)22-14/h8-9,14-16,22H,2-7,10-13H2,1H3,(H,23,28)/t14-,15+,16+. The largest absolute Gasteiger partial charge is 0.357 e. The number of piperidine rings is 1. The molecule has 7 heteroatoms. The van der Waals surface area contributed by atoms with Gasteiger partial charge in [0.2, 0.25) is 0 Å². The lowest BCUT2D eigenvalue weighted by Crippen LogP contribution is -2.48. The SMILES string of the molecule is Cn1nc(C(=O)N[C@H]2C[C@H]3CC[C@@H](C2)N3)c2ccc(N3CCCCCC3)nc21. The minimum atomic E-state index is -0.0683. The molecule has 0 radical (unpaired) electrons. The molecule has 0 spiro atoms. The first-order valence-electron chi connectivity index (χ1n) is 10.8. The molecule has 5 rings (SSSR count). The fourth-order valence-corrected chi connectivity index (χ4v) is 5.19. The van der Waals surface area contributed by atoms with Crippen molar-refractivity contribution in [2.75, 3.05) is 18.0 Å². The number of rotatable bonds is 3. The van der Waals surface area contributed by atoms with Crippen molar-refractivity contribution >= 4 is 22.8 Å². The number of pyridine rings is 1. The van der Waals surface area contributed by atoms with Crippen LogP contribution >= 0.6 is 0 Å². The van der Waals surface area contributed by atoms with Crippen LogP contribution in [0.4, 0.5) is 5.82 Å². The zero-order valence-electron chi connectivity index (χ0n) is 16.7. The Morgan fingerprint density at radius 1 is 1.11 bits per heavy atom. The van der Waals surface area contributed by atoms with Gasteiger partial charge >= 0.3 is 0 Å². The van der Waals surface area contributed by atoms with Gasteiger partial charge in [-0.15, -0.1) is 0 Å². The van der Waals surface area contributed by atoms with Gasteiger partial charge in [-0.2, -0.15) is 5.10 Å². The normalized spacial score (nSPS) is 27.8. The van der Waals surface area contributed by atoms with Crippen LogP contribution in [0.1, 0.15) is 61.9 Å². The minimum Gasteiger partial charge on any atom is -0.357 e. The van der Waals surface area contributed by atoms with E-state index in [4.69, 9.17) is 4.98 Å². The molecule has 2 aromatic heterocycles. The molecule has 0 saturated carbocycles. The van der Waals surface area contributed by atoms with E-state index in [0.29, 0.717) is 17.8 Å². The maximum absolute atomic E-state index is 13.0. The topological polar surface area (TPSA) is 75.1 Å². The van der Waals surface area contributed by atoms with Crippen LogP contribution in [-0.2, 0) is 7.05 Å². The number of aromatic nitrogens is 3. The lowest BCUT2D eigenvalue weighted by atomic mass is 9.99. The molecule has 1 amide bonds. The third kappa shape index (κ3) is 3.36. The van der Waals surface area contributed by atoms with Gasteiger partial charge in [0.15, 0.2) is 11.3 Å². The van der Waals surface area contributed by atoms with Crippen molar-refractivity contribution in [1.29, 1.82) is 0 Å². The molecule has 2 bridgehead atoms. The van der Waals surface area contributed by atoms with E-state index < -0.39 is 0 Å². The van der Waals surface area contributed by atoms with Crippen molar-refractivity contribution in [2.24, 2.45) is 7.05 Å². The molecule has 5 heterocycles. The van der Waals surface area contributed by atoms with E-state index in [2.05, 4.69) is 26.7 Å². The molecule has 3 aliphatic heterocycles. The number of amides is 1. The summed E-state index contributed by atoms with van der Waals surface area (Å²) >= 11 is 0. The summed E-state index contributed by atoms with van der Waals surface area (Å²) in [5.41, 5.74) is 1.29. The van der Waals surface area contributed by atoms with Crippen LogP contribution in [0.15, 0.2) is 12.1 Å². The highest BCUT2D eigenvalue weighted by atomic mass is 16.2. The molecular weight excluding hydrogens is 352 g/mol. The van der Waals surface area contributed by atoms with Crippen molar-refractivity contribution < 1.29 is 4.79 Å². The zero-order valence-corrected chi connectivity index (χ0v) is 16.7. The first-order valence-corrected chi connectivity index (χ1v) is 10.8. The van der Waals surface area contributed by atoms with Crippen molar-refractivity contribution in [1.82, 2.24) is 25.4 Å². The summed E-state index contributed by atoms with van der Waals surface area (Å²) < 4.78 is 1.75. The molecule has 3 fully saturated rings. The Balaban J connectivity index is 1.37. The molecule has 0 aliphatic carbocycles. The highest BCUT2D eigenvalue weighted by Crippen LogP contribution is 2.28. The Morgan fingerprint density at radius 3 is 2.54 bits per heavy atom. The van der Waals surface area contributed by atoms with Gasteiger partial charge in [-0.3, -0.25) is 4.79 Å². The second kappa shape index (κ2) is 7.35. The van der Waals surface area contributed by atoms with Gasteiger partial charge in [-0.05, 0) is 50.7 Å². The van der Waals surface area contributed by atoms with Gasteiger partial charge in [-0.1, -0.05) is 12.8 Å². The van der Waals surface area contributed by atoms with Crippen LogP contribution in [0.25, 0.3) is 11.0 Å². The van der Waals surface area contributed by atoms with Gasteiger partial charge in [0, 0.05) is 38.3 Å². The molecule has 2 N–H and O–H groups in total. The number of aryl methyl sites for hydroxylation is 1. The monoisotopic (exact) mass is 382 g/mol. The van der Waals surface area contributed by atoms with Gasteiger partial charge in [0.1, 0.15) is 5.82 Å². The van der Waals surface area contributed by atoms with Crippen molar-refractivity contribution in [3.05, 3.63) is 17.8 Å². The molecule has 3 aliphatic rings. The van der Waals surface area contributed by atoms with E-state index in [9.17, 15) is 4.79 Å². The van der Waals surface area contributed by atoms with Crippen molar-refractivity contribution in [2.45, 2.75) is 69.5 Å². The van der Waals surface area contributed by atoms with Crippen LogP contribution in [0.2, 0.25) is 0 Å². The summed E-state index contributed by atoms with van der Waals surface area (Å²) in [6.07, 6.45) is 9.53. The summed E-state index contributed by atoms with van der Waals surface area (Å²) in [5.74, 6) is 0.931. The summed E-state index contributed by atoms with van der Waals surface area (Å²) in [6.45, 7) is 2.11. The highest BCUT2D eigenvalue weighted by molar-refractivity contribution is 6.04. The number of carbonyl (C=O) groups excluding carboxylic acids is 1. The fraction of sp³-hybridized carbons (Fsp3) is 0.667. The van der Waals surface area contributed by atoms with E-state index >= 15 is 0 Å². The summed E-state index contributed by atoms with van der Waals surface area (Å²) in [4.78, 5) is 20.2. The lowest BCUT2D eigenvalue weighted by Gasteiger charge is -2.29. The maximum atomic E-state index is 13.0. The van der Waals surface area contributed by atoms with Crippen LogP contribution in [-0.4, -0.2) is 51.9 Å². The van der Waals surface area contributed by atoms with Crippen molar-refractivity contribution in [3.63, 3.8) is 0 Å². The van der Waals surface area contributed by atoms with Crippen molar-refractivity contribution in [3.8, 4) is 0 Å². The van der Waals surface area contributed by atoms with Gasteiger partial charge in [0.05, 0.1) is 5.39 Å². The smallest absolute Gasteiger partial charge is 0.272 e. The fourth-order valence-electron chi connectivity index (χ4n) is 5.19. The second-order valence-corrected chi connectivity index (χ2v) is 8.69. The van der Waals surface area contributed by atoms with E-state index in [1.165, 1.54) is 38.5 Å². The number of hydrogen-bond acceptors (Lipinski definition) is 5. The predicted molar refractivity (Wildman–Crippen MR) is 110 cm³/mol. The summed E-state index contributed by atoms with van der Waals surface area (Å²) in [5, 5.41) is 12.2. The number of carbonyl (C=O) groups is 1. The van der Waals surface area contributed by atoms with Crippen LogP contribution in [0.3, 0.4) is 0 Å². The first kappa shape index (κ1) is 17.9. The quantitative estimate of drug-likeness (QED) is 0.852. The third-order valence-electron chi connectivity index (χ3n) is 6.63. The molecule has 3 saturated heterocycles. The molecule has 2 aromatic rings. The molecule has 28 heavy (non-hydrogen) atoms. The van der Waals surface area contributed by atoms with Gasteiger partial charge < -0.3 is 15.5 Å². The summed E-state index contributed by atoms with van der Waals surface area (Å²) in [6, 6.07) is 5.44. The van der Waals surface area contributed by atoms with E-state index in [1.54, 1.807) is 4.68 Å². The van der Waals surface area contributed by atoms with Crippen LogP contribution in [0, 0.1) is 0 Å². The second-order valence-electron chi connectivity index (χ2n) is 8.69.